The normalized spacial score (nSPS) is 23.8. The Labute approximate surface area is 232 Å². The van der Waals surface area contributed by atoms with Crippen LogP contribution in [0.2, 0.25) is 0 Å². The van der Waals surface area contributed by atoms with E-state index in [2.05, 4.69) is 5.32 Å². The van der Waals surface area contributed by atoms with Gasteiger partial charge in [-0.15, -0.1) is 0 Å². The molecule has 8 nitrogen and oxygen atoms in total. The van der Waals surface area contributed by atoms with Crippen LogP contribution in [0.5, 0.6) is 0 Å². The molecule has 2 aliphatic heterocycles. The van der Waals surface area contributed by atoms with Crippen LogP contribution in [0.25, 0.3) is 0 Å². The highest BCUT2D eigenvalue weighted by atomic mass is 32.2. The third-order valence-electron chi connectivity index (χ3n) is 7.40. The second-order valence-electron chi connectivity index (χ2n) is 10.6. The van der Waals surface area contributed by atoms with Crippen molar-refractivity contribution in [1.29, 1.82) is 0 Å². The van der Waals surface area contributed by atoms with E-state index in [4.69, 9.17) is 4.74 Å². The van der Waals surface area contributed by atoms with Gasteiger partial charge in [0.25, 0.3) is 15.6 Å². The fraction of sp³-hybridized carbons (Fsp3) is 0.500. The van der Waals surface area contributed by atoms with Crippen molar-refractivity contribution >= 4 is 21.6 Å². The zero-order valence-corrected chi connectivity index (χ0v) is 22.7. The van der Waals surface area contributed by atoms with Crippen LogP contribution in [-0.4, -0.2) is 67.8 Å². The largest absolute Gasteiger partial charge is 0.430 e. The van der Waals surface area contributed by atoms with Crippen LogP contribution in [0.4, 0.5) is 32.0 Å². The van der Waals surface area contributed by atoms with E-state index < -0.39 is 63.6 Å². The zero-order chi connectivity index (χ0) is 30.6. The van der Waals surface area contributed by atoms with Crippen LogP contribution < -0.4 is 9.62 Å². The lowest BCUT2D eigenvalue weighted by molar-refractivity contribution is -0.376. The van der Waals surface area contributed by atoms with Crippen molar-refractivity contribution in [1.82, 2.24) is 5.32 Å². The number of carbonyl (C=O) groups excluding carboxylic acids is 1. The summed E-state index contributed by atoms with van der Waals surface area (Å²) in [5, 5.41) is 22.8. The number of ether oxygens (including phenoxy) is 1. The maximum atomic E-state index is 13.8. The van der Waals surface area contributed by atoms with Gasteiger partial charge in [-0.3, -0.25) is 9.10 Å². The Kier molecular flexibility index (Phi) is 7.91. The molecule has 4 rings (SSSR count). The Hall–Kier alpha value is -2.88. The van der Waals surface area contributed by atoms with Crippen LogP contribution in [0, 0.1) is 6.92 Å². The number of sulfonamides is 1. The number of carbonyl (C=O) groups is 1. The summed E-state index contributed by atoms with van der Waals surface area (Å²) < 4.78 is 115. The second-order valence-corrected chi connectivity index (χ2v) is 12.4. The van der Waals surface area contributed by atoms with Gasteiger partial charge in [-0.05, 0) is 50.5 Å². The topological polar surface area (TPSA) is 116 Å². The molecular weight excluding hydrogens is 582 g/mol. The lowest BCUT2D eigenvalue weighted by Gasteiger charge is -2.39. The summed E-state index contributed by atoms with van der Waals surface area (Å²) in [6.07, 6.45) is -13.0. The van der Waals surface area contributed by atoms with Crippen LogP contribution in [-0.2, 0) is 31.6 Å². The number of anilines is 1. The molecule has 3 atom stereocenters. The van der Waals surface area contributed by atoms with E-state index >= 15 is 0 Å². The highest BCUT2D eigenvalue weighted by Gasteiger charge is 2.71. The van der Waals surface area contributed by atoms with E-state index in [1.54, 1.807) is 6.92 Å². The van der Waals surface area contributed by atoms with Crippen molar-refractivity contribution in [3.05, 3.63) is 59.2 Å². The fourth-order valence-electron chi connectivity index (χ4n) is 5.01. The van der Waals surface area contributed by atoms with Gasteiger partial charge in [-0.1, -0.05) is 29.8 Å². The summed E-state index contributed by atoms with van der Waals surface area (Å²) in [5.41, 5.74) is -7.74. The zero-order valence-electron chi connectivity index (χ0n) is 21.9. The molecule has 0 bridgehead atoms. The van der Waals surface area contributed by atoms with Crippen molar-refractivity contribution in [3.63, 3.8) is 0 Å². The number of rotatable bonds is 6. The van der Waals surface area contributed by atoms with Crippen LogP contribution in [0.1, 0.15) is 36.5 Å². The molecule has 0 spiro atoms. The van der Waals surface area contributed by atoms with Crippen molar-refractivity contribution in [3.8, 4) is 0 Å². The smallest absolute Gasteiger partial charge is 0.386 e. The Morgan fingerprint density at radius 1 is 1.10 bits per heavy atom. The third-order valence-corrected chi connectivity index (χ3v) is 9.28. The molecular formula is C26H28F6N2O6S. The Morgan fingerprint density at radius 2 is 1.71 bits per heavy atom. The van der Waals surface area contributed by atoms with E-state index in [1.165, 1.54) is 31.2 Å². The van der Waals surface area contributed by atoms with Gasteiger partial charge in [0.05, 0.1) is 35.9 Å². The first-order chi connectivity index (χ1) is 18.8. The van der Waals surface area contributed by atoms with Gasteiger partial charge in [0.2, 0.25) is 5.91 Å². The summed E-state index contributed by atoms with van der Waals surface area (Å²) >= 11 is 0. The molecule has 2 aromatic carbocycles. The first kappa shape index (κ1) is 31.1. The minimum absolute atomic E-state index is 0.0156. The van der Waals surface area contributed by atoms with Crippen LogP contribution >= 0.6 is 0 Å². The number of aliphatic hydroxyl groups is 2. The van der Waals surface area contributed by atoms with E-state index in [9.17, 15) is 49.8 Å². The van der Waals surface area contributed by atoms with E-state index in [1.807, 2.05) is 0 Å². The minimum Gasteiger partial charge on any atom is -0.386 e. The van der Waals surface area contributed by atoms with Gasteiger partial charge in [-0.25, -0.2) is 8.42 Å². The lowest BCUT2D eigenvalue weighted by Crippen LogP contribution is -2.54. The summed E-state index contributed by atoms with van der Waals surface area (Å²) in [6.45, 7) is 3.15. The first-order valence-corrected chi connectivity index (χ1v) is 13.9. The number of hydrogen-bond donors (Lipinski definition) is 3. The number of hydrogen-bond acceptors (Lipinski definition) is 6. The molecule has 226 valence electrons. The summed E-state index contributed by atoms with van der Waals surface area (Å²) in [5.74, 6) is -0.640. The summed E-state index contributed by atoms with van der Waals surface area (Å²) in [7, 11) is -4.47. The molecule has 3 N–H and O–H groups in total. The Balaban J connectivity index is 1.77. The molecule has 0 aromatic heterocycles. The molecule has 2 aliphatic rings. The van der Waals surface area contributed by atoms with Gasteiger partial charge < -0.3 is 20.3 Å². The van der Waals surface area contributed by atoms with Crippen LogP contribution in [0.3, 0.4) is 0 Å². The predicted octanol–water partition coefficient (Wildman–Crippen LogP) is 3.47. The van der Waals surface area contributed by atoms with Gasteiger partial charge in [0, 0.05) is 12.0 Å². The molecule has 0 radical (unpaired) electrons. The number of aryl methyl sites for hydroxylation is 2. The predicted molar refractivity (Wildman–Crippen MR) is 133 cm³/mol. The Morgan fingerprint density at radius 3 is 2.24 bits per heavy atom. The quantitative estimate of drug-likeness (QED) is 0.432. The monoisotopic (exact) mass is 610 g/mol. The third kappa shape index (κ3) is 5.64. The number of amides is 1. The maximum absolute atomic E-state index is 13.8. The standard InChI is InChI=1S/C26H28F6N2O6S/c1-15-3-8-19(9-4-15)41(38,39)34-18(12-22(35)33-21-13-40-14-23(21,2)36)7-5-16-11-17(6-10-20(16)34)24(37,25(27,28)29)26(30,31)32/h3-4,6,8-11,18,21,36-37H,5,7,12-14H2,1-2H3,(H,33,35). The number of benzene rings is 2. The van der Waals surface area contributed by atoms with Crippen molar-refractivity contribution < 1.29 is 54.5 Å². The van der Waals surface area contributed by atoms with E-state index in [0.717, 1.165) is 15.9 Å². The van der Waals surface area contributed by atoms with Gasteiger partial charge in [0.15, 0.2) is 0 Å². The highest BCUT2D eigenvalue weighted by molar-refractivity contribution is 7.92. The number of halogens is 6. The average Bonchev–Trinajstić information content (AvgIpc) is 3.18. The fourth-order valence-corrected chi connectivity index (χ4v) is 6.73. The molecule has 41 heavy (non-hydrogen) atoms. The highest BCUT2D eigenvalue weighted by Crippen LogP contribution is 2.51. The summed E-state index contributed by atoms with van der Waals surface area (Å²) in [6, 6.07) is 5.42. The second kappa shape index (κ2) is 10.4. The molecule has 1 saturated heterocycles. The summed E-state index contributed by atoms with van der Waals surface area (Å²) in [4.78, 5) is 12.7. The average molecular weight is 611 g/mol. The number of nitrogens with zero attached hydrogens (tertiary/aromatic N) is 1. The Bertz CT molecular complexity index is 1400. The molecule has 3 unspecified atom stereocenters. The molecule has 0 aliphatic carbocycles. The van der Waals surface area contributed by atoms with Gasteiger partial charge >= 0.3 is 12.4 Å². The molecule has 2 heterocycles. The van der Waals surface area contributed by atoms with Crippen molar-refractivity contribution in [2.45, 2.75) is 73.6 Å². The van der Waals surface area contributed by atoms with Gasteiger partial charge in [-0.2, -0.15) is 26.3 Å². The first-order valence-electron chi connectivity index (χ1n) is 12.5. The molecule has 15 heteroatoms. The molecule has 1 fully saturated rings. The van der Waals surface area contributed by atoms with Crippen molar-refractivity contribution in [2.24, 2.45) is 0 Å². The molecule has 1 amide bonds. The van der Waals surface area contributed by atoms with E-state index in [-0.39, 0.29) is 42.2 Å². The number of fused-ring (bicyclic) bond motifs is 1. The SMILES string of the molecule is Cc1ccc(S(=O)(=O)N2c3ccc(C(O)(C(F)(F)F)C(F)(F)F)cc3CCC2CC(=O)NC2COCC2(C)O)cc1. The maximum Gasteiger partial charge on any atom is 0.430 e. The van der Waals surface area contributed by atoms with Crippen LogP contribution in [0.15, 0.2) is 47.4 Å². The molecule has 2 aromatic rings. The van der Waals surface area contributed by atoms with Gasteiger partial charge in [0.1, 0.15) is 5.60 Å². The molecule has 0 saturated carbocycles. The number of alkyl halides is 6. The minimum atomic E-state index is -6.12. The lowest BCUT2D eigenvalue weighted by atomic mass is 9.87. The van der Waals surface area contributed by atoms with Crippen molar-refractivity contribution in [2.75, 3.05) is 17.5 Å². The number of nitrogens with one attached hydrogen (secondary N) is 1. The van der Waals surface area contributed by atoms with E-state index in [0.29, 0.717) is 12.1 Å².